The van der Waals surface area contributed by atoms with E-state index in [-0.39, 0.29) is 5.97 Å². The molecule has 0 spiro atoms. The first-order valence-corrected chi connectivity index (χ1v) is 10.4. The van der Waals surface area contributed by atoms with Crippen LogP contribution in [0, 0.1) is 11.3 Å². The van der Waals surface area contributed by atoms with Gasteiger partial charge in [-0.2, -0.15) is 0 Å². The number of carbonyl (C=O) groups excluding carboxylic acids is 1. The molecular weight excluding hydrogens is 352 g/mol. The highest BCUT2D eigenvalue weighted by Crippen LogP contribution is 2.40. The van der Waals surface area contributed by atoms with E-state index in [0.717, 1.165) is 23.8 Å². The summed E-state index contributed by atoms with van der Waals surface area (Å²) in [7, 11) is 0. The van der Waals surface area contributed by atoms with E-state index in [2.05, 4.69) is 26.1 Å². The normalized spacial score (nSPS) is 21.8. The van der Waals surface area contributed by atoms with Gasteiger partial charge in [-0.3, -0.25) is 4.79 Å². The Kier molecular flexibility index (Phi) is 7.24. The Morgan fingerprint density at radius 2 is 2.00 bits per heavy atom. The number of hydrogen-bond acceptors (Lipinski definition) is 5. The number of rotatable bonds is 7. The van der Waals surface area contributed by atoms with Gasteiger partial charge in [-0.05, 0) is 69.9 Å². The second-order valence-electron chi connectivity index (χ2n) is 10.0. The lowest BCUT2D eigenvalue weighted by Gasteiger charge is -2.39. The van der Waals surface area contributed by atoms with Crippen molar-refractivity contribution in [2.24, 2.45) is 11.3 Å². The molecule has 5 nitrogen and oxygen atoms in total. The van der Waals surface area contributed by atoms with Gasteiger partial charge in [0.15, 0.2) is 0 Å². The zero-order valence-electron chi connectivity index (χ0n) is 18.4. The van der Waals surface area contributed by atoms with Crippen molar-refractivity contribution >= 4 is 17.3 Å². The van der Waals surface area contributed by atoms with Crippen LogP contribution in [0.1, 0.15) is 73.6 Å². The summed E-state index contributed by atoms with van der Waals surface area (Å²) in [5.41, 5.74) is 7.83. The Hall–Kier alpha value is -1.91. The third-order valence-corrected chi connectivity index (χ3v) is 4.98. The molecule has 0 saturated heterocycles. The fourth-order valence-electron chi connectivity index (χ4n) is 4.24. The van der Waals surface area contributed by atoms with Crippen molar-refractivity contribution in [2.45, 2.75) is 85.3 Å². The number of benzene rings is 1. The van der Waals surface area contributed by atoms with E-state index < -0.39 is 5.60 Å². The summed E-state index contributed by atoms with van der Waals surface area (Å²) in [6.45, 7) is 13.1. The first-order chi connectivity index (χ1) is 12.9. The number of hydrogen-bond donors (Lipinski definition) is 2. The molecule has 0 aromatic heterocycles. The highest BCUT2D eigenvalue weighted by molar-refractivity contribution is 5.70. The van der Waals surface area contributed by atoms with Gasteiger partial charge in [-0.15, -0.1) is 0 Å². The Bertz CT molecular complexity index is 664. The van der Waals surface area contributed by atoms with Crippen LogP contribution in [0.4, 0.5) is 11.4 Å². The van der Waals surface area contributed by atoms with Crippen molar-refractivity contribution in [3.63, 3.8) is 0 Å². The Morgan fingerprint density at radius 3 is 2.61 bits per heavy atom. The fourth-order valence-corrected chi connectivity index (χ4v) is 4.24. The molecule has 0 radical (unpaired) electrons. The van der Waals surface area contributed by atoms with E-state index in [4.69, 9.17) is 15.2 Å². The van der Waals surface area contributed by atoms with Crippen molar-refractivity contribution in [2.75, 3.05) is 17.7 Å². The summed E-state index contributed by atoms with van der Waals surface area (Å²) in [5, 5.41) is 3.62. The van der Waals surface area contributed by atoms with Gasteiger partial charge in [-0.25, -0.2) is 0 Å². The lowest BCUT2D eigenvalue weighted by molar-refractivity contribution is -0.155. The topological polar surface area (TPSA) is 73.6 Å². The molecule has 3 N–H and O–H groups in total. The van der Waals surface area contributed by atoms with Gasteiger partial charge >= 0.3 is 5.97 Å². The number of nitrogens with one attached hydrogen (secondary N) is 1. The van der Waals surface area contributed by atoms with Crippen molar-refractivity contribution in [3.05, 3.63) is 18.2 Å². The number of nitrogen functional groups attached to an aromatic ring is 1. The van der Waals surface area contributed by atoms with Crippen LogP contribution in [0.25, 0.3) is 0 Å². The first-order valence-electron chi connectivity index (χ1n) is 10.4. The van der Waals surface area contributed by atoms with E-state index >= 15 is 0 Å². The average molecular weight is 391 g/mol. The van der Waals surface area contributed by atoms with E-state index in [9.17, 15) is 4.79 Å². The molecule has 2 unspecified atom stereocenters. The molecule has 1 fully saturated rings. The summed E-state index contributed by atoms with van der Waals surface area (Å²) >= 11 is 0. The molecule has 0 heterocycles. The molecule has 5 heteroatoms. The molecule has 0 bridgehead atoms. The smallest absolute Gasteiger partial charge is 0.306 e. The Balaban J connectivity index is 1.81. The Labute approximate surface area is 170 Å². The van der Waals surface area contributed by atoms with Gasteiger partial charge in [0.2, 0.25) is 0 Å². The van der Waals surface area contributed by atoms with Crippen LogP contribution in [0.3, 0.4) is 0 Å². The lowest BCUT2D eigenvalue weighted by Crippen LogP contribution is -2.35. The molecule has 1 aliphatic carbocycles. The predicted molar refractivity (Wildman–Crippen MR) is 116 cm³/mol. The molecule has 0 amide bonds. The largest absolute Gasteiger partial charge is 0.494 e. The fraction of sp³-hybridized carbons (Fsp3) is 0.696. The maximum Gasteiger partial charge on any atom is 0.306 e. The minimum absolute atomic E-state index is 0.195. The third kappa shape index (κ3) is 7.61. The summed E-state index contributed by atoms with van der Waals surface area (Å²) in [6.07, 6.45) is 4.56. The quantitative estimate of drug-likeness (QED) is 0.371. The van der Waals surface area contributed by atoms with E-state index in [1.54, 1.807) is 0 Å². The van der Waals surface area contributed by atoms with Crippen molar-refractivity contribution in [3.8, 4) is 5.75 Å². The monoisotopic (exact) mass is 390 g/mol. The maximum atomic E-state index is 11.7. The number of carbonyl (C=O) groups is 1. The van der Waals surface area contributed by atoms with Crippen LogP contribution >= 0.6 is 0 Å². The van der Waals surface area contributed by atoms with Crippen LogP contribution in [0.2, 0.25) is 0 Å². The van der Waals surface area contributed by atoms with Crippen LogP contribution in [0.5, 0.6) is 5.75 Å². The maximum absolute atomic E-state index is 11.7. The number of nitrogens with two attached hydrogens (primary N) is 1. The third-order valence-electron chi connectivity index (χ3n) is 4.98. The summed E-state index contributed by atoms with van der Waals surface area (Å²) in [6, 6.07) is 6.23. The highest BCUT2D eigenvalue weighted by atomic mass is 16.6. The molecule has 1 aromatic rings. The van der Waals surface area contributed by atoms with E-state index in [0.29, 0.717) is 36.6 Å². The molecule has 1 saturated carbocycles. The van der Waals surface area contributed by atoms with Gasteiger partial charge in [0.1, 0.15) is 11.4 Å². The molecule has 0 aliphatic heterocycles. The Morgan fingerprint density at radius 1 is 1.29 bits per heavy atom. The summed E-state index contributed by atoms with van der Waals surface area (Å²) in [5.74, 6) is 1.25. The molecular formula is C23H38N2O3. The van der Waals surface area contributed by atoms with Gasteiger partial charge in [0.05, 0.1) is 18.0 Å². The van der Waals surface area contributed by atoms with Gasteiger partial charge in [0, 0.05) is 18.5 Å². The van der Waals surface area contributed by atoms with Gasteiger partial charge < -0.3 is 20.5 Å². The molecule has 158 valence electrons. The molecule has 1 aromatic carbocycles. The van der Waals surface area contributed by atoms with Gasteiger partial charge in [-0.1, -0.05) is 20.8 Å². The van der Waals surface area contributed by atoms with E-state index in [1.807, 2.05) is 39.0 Å². The zero-order chi connectivity index (χ0) is 20.9. The minimum Gasteiger partial charge on any atom is -0.494 e. The van der Waals surface area contributed by atoms with Crippen LogP contribution in [0.15, 0.2) is 18.2 Å². The molecule has 2 rings (SSSR count). The lowest BCUT2D eigenvalue weighted by atomic mass is 9.70. The highest BCUT2D eigenvalue weighted by Gasteiger charge is 2.32. The number of esters is 1. The average Bonchev–Trinajstić information content (AvgIpc) is 2.50. The molecule has 28 heavy (non-hydrogen) atoms. The van der Waals surface area contributed by atoms with Crippen LogP contribution in [-0.2, 0) is 9.53 Å². The SMILES string of the molecule is CC1CC(Nc2ccc(OCCCC(=O)OC(C)(C)C)cc2N)CC(C)(C)C1. The molecule has 1 aliphatic rings. The van der Waals surface area contributed by atoms with E-state index in [1.165, 1.54) is 12.8 Å². The second kappa shape index (κ2) is 9.06. The number of anilines is 2. The van der Waals surface area contributed by atoms with Crippen molar-refractivity contribution in [1.82, 2.24) is 0 Å². The number of ether oxygens (including phenoxy) is 2. The van der Waals surface area contributed by atoms with Crippen molar-refractivity contribution in [1.29, 1.82) is 0 Å². The second-order valence-corrected chi connectivity index (χ2v) is 10.0. The summed E-state index contributed by atoms with van der Waals surface area (Å²) in [4.78, 5) is 11.7. The molecule has 2 atom stereocenters. The predicted octanol–water partition coefficient (Wildman–Crippen LogP) is 5.40. The van der Waals surface area contributed by atoms with Gasteiger partial charge in [0.25, 0.3) is 0 Å². The first kappa shape index (κ1) is 22.4. The van der Waals surface area contributed by atoms with Crippen LogP contribution < -0.4 is 15.8 Å². The minimum atomic E-state index is -0.444. The summed E-state index contributed by atoms with van der Waals surface area (Å²) < 4.78 is 11.0. The van der Waals surface area contributed by atoms with Crippen LogP contribution in [-0.4, -0.2) is 24.2 Å². The standard InChI is InChI=1S/C23H38N2O3/c1-16-12-17(15-23(5,6)14-16)25-20-10-9-18(13-19(20)24)27-11-7-8-21(26)28-22(2,3)4/h9-10,13,16-17,25H,7-8,11-12,14-15,24H2,1-6H3. The van der Waals surface area contributed by atoms with Crippen molar-refractivity contribution < 1.29 is 14.3 Å². The zero-order valence-corrected chi connectivity index (χ0v) is 18.4.